The van der Waals surface area contributed by atoms with Crippen LogP contribution in [0.1, 0.15) is 56.0 Å². The minimum atomic E-state index is -4.52. The summed E-state index contributed by atoms with van der Waals surface area (Å²) in [5.74, 6) is -1.35. The average molecular weight is 509 g/mol. The van der Waals surface area contributed by atoms with E-state index in [4.69, 9.17) is 16.7 Å². The topological polar surface area (TPSA) is 59.0 Å². The third-order valence-electron chi connectivity index (χ3n) is 6.03. The SMILES string of the molecule is CC(C)(C)n1ccc([C@@H]2C[C@@H](C(=O)Nc3cccc(C(F)(F)F)c3)N[C@H]2c2ccc(Cl)c(F)c2)n1. The molecule has 186 valence electrons. The van der Waals surface area contributed by atoms with Crippen LogP contribution in [0.3, 0.4) is 0 Å². The van der Waals surface area contributed by atoms with Crippen molar-refractivity contribution in [3.8, 4) is 0 Å². The molecule has 1 amide bonds. The van der Waals surface area contributed by atoms with Gasteiger partial charge in [0.05, 0.1) is 27.9 Å². The molecule has 0 radical (unpaired) electrons. The summed E-state index contributed by atoms with van der Waals surface area (Å²) >= 11 is 5.85. The Morgan fingerprint density at radius 2 is 1.89 bits per heavy atom. The molecule has 2 N–H and O–H groups in total. The number of anilines is 1. The Morgan fingerprint density at radius 3 is 2.51 bits per heavy atom. The maximum absolute atomic E-state index is 14.2. The summed E-state index contributed by atoms with van der Waals surface area (Å²) in [6, 6.07) is 9.60. The Morgan fingerprint density at radius 1 is 1.14 bits per heavy atom. The van der Waals surface area contributed by atoms with Crippen molar-refractivity contribution in [1.29, 1.82) is 0 Å². The maximum atomic E-state index is 14.2. The van der Waals surface area contributed by atoms with Crippen molar-refractivity contribution in [3.05, 3.63) is 82.4 Å². The number of nitrogens with one attached hydrogen (secondary N) is 2. The number of carbonyl (C=O) groups excluding carboxylic acids is 1. The lowest BCUT2D eigenvalue weighted by atomic mass is 9.90. The molecule has 2 aromatic carbocycles. The molecule has 4 rings (SSSR count). The predicted molar refractivity (Wildman–Crippen MR) is 126 cm³/mol. The maximum Gasteiger partial charge on any atom is 0.416 e. The molecule has 0 bridgehead atoms. The third-order valence-corrected chi connectivity index (χ3v) is 6.33. The molecule has 1 fully saturated rings. The van der Waals surface area contributed by atoms with Gasteiger partial charge in [0.15, 0.2) is 0 Å². The van der Waals surface area contributed by atoms with E-state index in [0.29, 0.717) is 12.0 Å². The molecule has 0 spiro atoms. The minimum absolute atomic E-state index is 0.0147. The van der Waals surface area contributed by atoms with Crippen LogP contribution >= 0.6 is 11.6 Å². The number of hydrogen-bond donors (Lipinski definition) is 2. The van der Waals surface area contributed by atoms with E-state index < -0.39 is 35.5 Å². The Kier molecular flexibility index (Phi) is 6.68. The van der Waals surface area contributed by atoms with Gasteiger partial charge in [0.1, 0.15) is 5.82 Å². The van der Waals surface area contributed by atoms with Gasteiger partial charge in [-0.05, 0) is 69.2 Å². The summed E-state index contributed by atoms with van der Waals surface area (Å²) in [5, 5.41) is 10.5. The Bertz CT molecular complexity index is 1230. The van der Waals surface area contributed by atoms with Gasteiger partial charge in [-0.15, -0.1) is 0 Å². The fraction of sp³-hybridized carbons (Fsp3) is 0.360. The van der Waals surface area contributed by atoms with E-state index >= 15 is 0 Å². The highest BCUT2D eigenvalue weighted by molar-refractivity contribution is 6.30. The van der Waals surface area contributed by atoms with Gasteiger partial charge in [-0.2, -0.15) is 18.3 Å². The van der Waals surface area contributed by atoms with Gasteiger partial charge < -0.3 is 5.32 Å². The van der Waals surface area contributed by atoms with Crippen LogP contribution in [0.5, 0.6) is 0 Å². The first-order valence-corrected chi connectivity index (χ1v) is 11.5. The van der Waals surface area contributed by atoms with Crippen molar-refractivity contribution < 1.29 is 22.4 Å². The normalized spacial score (nSPS) is 20.7. The molecule has 5 nitrogen and oxygen atoms in total. The molecule has 1 saturated heterocycles. The van der Waals surface area contributed by atoms with E-state index in [2.05, 4.69) is 10.6 Å². The molecule has 10 heteroatoms. The summed E-state index contributed by atoms with van der Waals surface area (Å²) < 4.78 is 55.2. The van der Waals surface area contributed by atoms with Crippen LogP contribution in [-0.2, 0) is 16.5 Å². The first-order chi connectivity index (χ1) is 16.3. The molecule has 1 aliphatic rings. The number of aromatic nitrogens is 2. The number of carbonyl (C=O) groups is 1. The van der Waals surface area contributed by atoms with E-state index in [-0.39, 0.29) is 22.2 Å². The predicted octanol–water partition coefficient (Wildman–Crippen LogP) is 6.27. The van der Waals surface area contributed by atoms with E-state index in [1.54, 1.807) is 6.07 Å². The molecular weight excluding hydrogens is 484 g/mol. The molecule has 0 aliphatic carbocycles. The summed E-state index contributed by atoms with van der Waals surface area (Å²) in [5.41, 5.74) is 0.251. The summed E-state index contributed by atoms with van der Waals surface area (Å²) in [6.07, 6.45) is -2.35. The number of rotatable bonds is 4. The largest absolute Gasteiger partial charge is 0.416 e. The summed E-state index contributed by atoms with van der Waals surface area (Å²) in [4.78, 5) is 13.0. The average Bonchev–Trinajstić information content (AvgIpc) is 3.42. The van der Waals surface area contributed by atoms with Crippen molar-refractivity contribution in [2.45, 2.75) is 56.9 Å². The smallest absolute Gasteiger partial charge is 0.325 e. The molecule has 3 aromatic rings. The lowest BCUT2D eigenvalue weighted by Crippen LogP contribution is -2.36. The van der Waals surface area contributed by atoms with Crippen molar-refractivity contribution in [3.63, 3.8) is 0 Å². The Labute approximate surface area is 205 Å². The quantitative estimate of drug-likeness (QED) is 0.408. The van der Waals surface area contributed by atoms with Gasteiger partial charge in [0.2, 0.25) is 5.91 Å². The lowest BCUT2D eigenvalue weighted by Gasteiger charge is -2.21. The lowest BCUT2D eigenvalue weighted by molar-refractivity contribution is -0.137. The van der Waals surface area contributed by atoms with Crippen LogP contribution in [0.25, 0.3) is 0 Å². The van der Waals surface area contributed by atoms with Crippen molar-refractivity contribution in [2.24, 2.45) is 0 Å². The highest BCUT2D eigenvalue weighted by Gasteiger charge is 2.41. The number of benzene rings is 2. The van der Waals surface area contributed by atoms with Gasteiger partial charge in [-0.3, -0.25) is 14.8 Å². The molecule has 35 heavy (non-hydrogen) atoms. The highest BCUT2D eigenvalue weighted by atomic mass is 35.5. The van der Waals surface area contributed by atoms with E-state index in [1.807, 2.05) is 37.7 Å². The zero-order chi connectivity index (χ0) is 25.5. The fourth-order valence-corrected chi connectivity index (χ4v) is 4.33. The summed E-state index contributed by atoms with van der Waals surface area (Å²) in [6.45, 7) is 6.02. The summed E-state index contributed by atoms with van der Waals surface area (Å²) in [7, 11) is 0. The van der Waals surface area contributed by atoms with Gasteiger partial charge in [-0.25, -0.2) is 4.39 Å². The number of halogens is 5. The molecule has 2 heterocycles. The van der Waals surface area contributed by atoms with Gasteiger partial charge in [0.25, 0.3) is 0 Å². The van der Waals surface area contributed by atoms with Gasteiger partial charge >= 0.3 is 6.18 Å². The van der Waals surface area contributed by atoms with E-state index in [0.717, 1.165) is 17.8 Å². The molecule has 1 aromatic heterocycles. The monoisotopic (exact) mass is 508 g/mol. The molecule has 1 aliphatic heterocycles. The zero-order valence-corrected chi connectivity index (χ0v) is 20.1. The van der Waals surface area contributed by atoms with Crippen molar-refractivity contribution >= 4 is 23.2 Å². The van der Waals surface area contributed by atoms with Crippen LogP contribution in [0.15, 0.2) is 54.7 Å². The third kappa shape index (κ3) is 5.51. The van der Waals surface area contributed by atoms with Crippen molar-refractivity contribution in [2.75, 3.05) is 5.32 Å². The van der Waals surface area contributed by atoms with Gasteiger partial charge in [-0.1, -0.05) is 23.7 Å². The second kappa shape index (κ2) is 9.28. The second-order valence-electron chi connectivity index (χ2n) is 9.64. The first kappa shape index (κ1) is 25.2. The van der Waals surface area contributed by atoms with Crippen LogP contribution < -0.4 is 10.6 Å². The number of hydrogen-bond acceptors (Lipinski definition) is 3. The van der Waals surface area contributed by atoms with E-state index in [9.17, 15) is 22.4 Å². The van der Waals surface area contributed by atoms with Crippen LogP contribution in [-0.4, -0.2) is 21.7 Å². The molecule has 0 unspecified atom stereocenters. The van der Waals surface area contributed by atoms with Crippen LogP contribution in [0.2, 0.25) is 5.02 Å². The minimum Gasteiger partial charge on any atom is -0.325 e. The Balaban J connectivity index is 1.61. The number of alkyl halides is 3. The second-order valence-corrected chi connectivity index (χ2v) is 10.0. The first-order valence-electron chi connectivity index (χ1n) is 11.1. The Hall–Kier alpha value is -2.91. The number of nitrogens with zero attached hydrogens (tertiary/aromatic N) is 2. The van der Waals surface area contributed by atoms with Crippen LogP contribution in [0.4, 0.5) is 23.2 Å². The van der Waals surface area contributed by atoms with Gasteiger partial charge in [0, 0.05) is 23.8 Å². The fourth-order valence-electron chi connectivity index (χ4n) is 4.21. The highest BCUT2D eigenvalue weighted by Crippen LogP contribution is 2.41. The van der Waals surface area contributed by atoms with Crippen molar-refractivity contribution in [1.82, 2.24) is 15.1 Å². The number of amides is 1. The molecule has 3 atom stereocenters. The zero-order valence-electron chi connectivity index (χ0n) is 19.3. The molecular formula is C25H25ClF4N4O. The standard InChI is InChI=1S/C25H25ClF4N4O/c1-24(2,3)34-10-9-20(33-34)17-13-21(32-22(17)14-7-8-18(26)19(27)11-14)23(35)31-16-6-4-5-15(12-16)25(28,29)30/h4-12,17,21-22,32H,13H2,1-3H3,(H,31,35)/t17-,21-,22-/m0/s1. The van der Waals surface area contributed by atoms with Crippen LogP contribution in [0, 0.1) is 5.82 Å². The molecule has 0 saturated carbocycles. The van der Waals surface area contributed by atoms with E-state index in [1.165, 1.54) is 24.3 Å².